The Bertz CT molecular complexity index is 771. The molecule has 1 saturated heterocycles. The monoisotopic (exact) mass is 357 g/mol. The fourth-order valence-corrected chi connectivity index (χ4v) is 2.89. The number of carbonyl (C=O) groups excluding carboxylic acids is 2. The Labute approximate surface area is 150 Å². The van der Waals surface area contributed by atoms with Crippen molar-refractivity contribution in [3.63, 3.8) is 0 Å². The summed E-state index contributed by atoms with van der Waals surface area (Å²) in [4.78, 5) is 25.9. The molecule has 1 aromatic heterocycles. The summed E-state index contributed by atoms with van der Waals surface area (Å²) in [6, 6.07) is 9.13. The van der Waals surface area contributed by atoms with Crippen molar-refractivity contribution in [3.8, 4) is 0 Å². The van der Waals surface area contributed by atoms with Crippen molar-refractivity contribution in [1.29, 1.82) is 0 Å². The number of anilines is 2. The number of amides is 2. The topological polar surface area (TPSA) is 87.2 Å². The zero-order valence-electron chi connectivity index (χ0n) is 14.4. The van der Waals surface area contributed by atoms with E-state index in [4.69, 9.17) is 0 Å². The molecular formula is C18H20FN5O2. The van der Waals surface area contributed by atoms with E-state index in [0.29, 0.717) is 37.4 Å². The molecule has 136 valence electrons. The highest BCUT2D eigenvalue weighted by molar-refractivity contribution is 5.93. The van der Waals surface area contributed by atoms with E-state index in [1.807, 2.05) is 4.90 Å². The van der Waals surface area contributed by atoms with Crippen molar-refractivity contribution in [3.05, 3.63) is 47.9 Å². The van der Waals surface area contributed by atoms with Crippen LogP contribution >= 0.6 is 0 Å². The lowest BCUT2D eigenvalue weighted by Gasteiger charge is -2.31. The van der Waals surface area contributed by atoms with Gasteiger partial charge in [-0.25, -0.2) is 4.39 Å². The van der Waals surface area contributed by atoms with Gasteiger partial charge in [-0.3, -0.25) is 9.59 Å². The minimum Gasteiger partial charge on any atom is -0.355 e. The predicted octanol–water partition coefficient (Wildman–Crippen LogP) is 1.83. The standard InChI is InChI=1S/C18H20FN5O2/c1-20-18(26)15-6-7-16(23-22-15)24-10-8-12(9-11-24)17(25)21-14-4-2-13(19)3-5-14/h2-7,12H,8-11H2,1H3,(H,20,26)(H,21,25). The van der Waals surface area contributed by atoms with E-state index < -0.39 is 0 Å². The Morgan fingerprint density at radius 1 is 1.08 bits per heavy atom. The smallest absolute Gasteiger partial charge is 0.271 e. The van der Waals surface area contributed by atoms with Crippen LogP contribution in [0.25, 0.3) is 0 Å². The van der Waals surface area contributed by atoms with Crippen LogP contribution in [0.4, 0.5) is 15.9 Å². The van der Waals surface area contributed by atoms with E-state index in [9.17, 15) is 14.0 Å². The maximum absolute atomic E-state index is 12.9. The lowest BCUT2D eigenvalue weighted by atomic mass is 9.96. The molecule has 1 fully saturated rings. The van der Waals surface area contributed by atoms with Gasteiger partial charge >= 0.3 is 0 Å². The summed E-state index contributed by atoms with van der Waals surface area (Å²) in [6.45, 7) is 1.35. The van der Waals surface area contributed by atoms with Crippen LogP contribution in [0.2, 0.25) is 0 Å². The maximum Gasteiger partial charge on any atom is 0.271 e. The highest BCUT2D eigenvalue weighted by atomic mass is 19.1. The van der Waals surface area contributed by atoms with Crippen LogP contribution in [0.5, 0.6) is 0 Å². The number of benzene rings is 1. The number of hydrogen-bond acceptors (Lipinski definition) is 5. The third-order valence-corrected chi connectivity index (χ3v) is 4.41. The van der Waals surface area contributed by atoms with Gasteiger partial charge in [-0.1, -0.05) is 0 Å². The number of aromatic nitrogens is 2. The molecule has 1 aliphatic rings. The van der Waals surface area contributed by atoms with E-state index >= 15 is 0 Å². The molecule has 0 atom stereocenters. The molecule has 3 rings (SSSR count). The van der Waals surface area contributed by atoms with Crippen LogP contribution in [0, 0.1) is 11.7 Å². The third kappa shape index (κ3) is 4.14. The highest BCUT2D eigenvalue weighted by Crippen LogP contribution is 2.23. The quantitative estimate of drug-likeness (QED) is 0.872. The van der Waals surface area contributed by atoms with Crippen LogP contribution in [-0.2, 0) is 4.79 Å². The molecule has 2 N–H and O–H groups in total. The predicted molar refractivity (Wildman–Crippen MR) is 95.4 cm³/mol. The molecule has 2 amide bonds. The summed E-state index contributed by atoms with van der Waals surface area (Å²) in [7, 11) is 1.54. The molecular weight excluding hydrogens is 337 g/mol. The van der Waals surface area contributed by atoms with Gasteiger partial charge in [0.25, 0.3) is 5.91 Å². The summed E-state index contributed by atoms with van der Waals surface area (Å²) < 4.78 is 12.9. The molecule has 8 heteroatoms. The van der Waals surface area contributed by atoms with Gasteiger partial charge in [0.05, 0.1) is 0 Å². The second-order valence-corrected chi connectivity index (χ2v) is 6.11. The van der Waals surface area contributed by atoms with E-state index in [2.05, 4.69) is 20.8 Å². The fourth-order valence-electron chi connectivity index (χ4n) is 2.89. The van der Waals surface area contributed by atoms with Gasteiger partial charge in [0.15, 0.2) is 11.5 Å². The molecule has 7 nitrogen and oxygen atoms in total. The number of nitrogens with zero attached hydrogens (tertiary/aromatic N) is 3. The first-order chi connectivity index (χ1) is 12.6. The Morgan fingerprint density at radius 3 is 2.35 bits per heavy atom. The van der Waals surface area contributed by atoms with Gasteiger partial charge in [-0.2, -0.15) is 0 Å². The molecule has 2 aromatic rings. The number of nitrogens with one attached hydrogen (secondary N) is 2. The maximum atomic E-state index is 12.9. The Balaban J connectivity index is 1.54. The summed E-state index contributed by atoms with van der Waals surface area (Å²) in [5, 5.41) is 13.3. The van der Waals surface area contributed by atoms with Gasteiger partial charge in [-0.15, -0.1) is 10.2 Å². The fraction of sp³-hybridized carbons (Fsp3) is 0.333. The van der Waals surface area contributed by atoms with E-state index in [-0.39, 0.29) is 29.2 Å². The number of hydrogen-bond donors (Lipinski definition) is 2. The van der Waals surface area contributed by atoms with Crippen molar-refractivity contribution in [2.75, 3.05) is 30.4 Å². The summed E-state index contributed by atoms with van der Waals surface area (Å²) in [5.41, 5.74) is 0.860. The second kappa shape index (κ2) is 7.90. The Hall–Kier alpha value is -3.03. The molecule has 0 aliphatic carbocycles. The minimum absolute atomic E-state index is 0.0580. The van der Waals surface area contributed by atoms with Crippen LogP contribution in [0.15, 0.2) is 36.4 Å². The Morgan fingerprint density at radius 2 is 1.77 bits per heavy atom. The van der Waals surface area contributed by atoms with Gasteiger partial charge in [0, 0.05) is 31.7 Å². The van der Waals surface area contributed by atoms with Crippen molar-refractivity contribution >= 4 is 23.3 Å². The van der Waals surface area contributed by atoms with Crippen molar-refractivity contribution in [1.82, 2.24) is 15.5 Å². The molecule has 2 heterocycles. The highest BCUT2D eigenvalue weighted by Gasteiger charge is 2.26. The molecule has 0 radical (unpaired) electrons. The number of carbonyl (C=O) groups is 2. The van der Waals surface area contributed by atoms with Crippen molar-refractivity contribution in [2.24, 2.45) is 5.92 Å². The molecule has 0 unspecified atom stereocenters. The molecule has 26 heavy (non-hydrogen) atoms. The number of rotatable bonds is 4. The van der Waals surface area contributed by atoms with Gasteiger partial charge in [0.1, 0.15) is 5.82 Å². The van der Waals surface area contributed by atoms with E-state index in [1.54, 1.807) is 31.3 Å². The summed E-state index contributed by atoms with van der Waals surface area (Å²) in [5.74, 6) is -0.0816. The Kier molecular flexibility index (Phi) is 5.40. The van der Waals surface area contributed by atoms with Crippen LogP contribution in [0.1, 0.15) is 23.3 Å². The zero-order chi connectivity index (χ0) is 18.5. The second-order valence-electron chi connectivity index (χ2n) is 6.11. The minimum atomic E-state index is -0.333. The van der Waals surface area contributed by atoms with Gasteiger partial charge in [-0.05, 0) is 49.2 Å². The van der Waals surface area contributed by atoms with Crippen LogP contribution in [0.3, 0.4) is 0 Å². The molecule has 1 aromatic carbocycles. The van der Waals surface area contributed by atoms with Crippen molar-refractivity contribution in [2.45, 2.75) is 12.8 Å². The number of halogens is 1. The van der Waals surface area contributed by atoms with E-state index in [1.165, 1.54) is 12.1 Å². The van der Waals surface area contributed by atoms with Crippen LogP contribution < -0.4 is 15.5 Å². The lowest BCUT2D eigenvalue weighted by Crippen LogP contribution is -2.38. The first-order valence-electron chi connectivity index (χ1n) is 8.44. The number of piperidine rings is 1. The van der Waals surface area contributed by atoms with E-state index in [0.717, 1.165) is 0 Å². The van der Waals surface area contributed by atoms with Gasteiger partial charge < -0.3 is 15.5 Å². The molecule has 0 saturated carbocycles. The summed E-state index contributed by atoms with van der Waals surface area (Å²) in [6.07, 6.45) is 1.37. The average molecular weight is 357 g/mol. The first-order valence-corrected chi connectivity index (χ1v) is 8.44. The molecule has 0 bridgehead atoms. The van der Waals surface area contributed by atoms with Crippen molar-refractivity contribution < 1.29 is 14.0 Å². The average Bonchev–Trinajstić information content (AvgIpc) is 2.69. The largest absolute Gasteiger partial charge is 0.355 e. The lowest BCUT2D eigenvalue weighted by molar-refractivity contribution is -0.120. The zero-order valence-corrected chi connectivity index (χ0v) is 14.4. The third-order valence-electron chi connectivity index (χ3n) is 4.41. The SMILES string of the molecule is CNC(=O)c1ccc(N2CCC(C(=O)Nc3ccc(F)cc3)CC2)nn1. The first kappa shape index (κ1) is 17.8. The van der Waals surface area contributed by atoms with Crippen LogP contribution in [-0.4, -0.2) is 42.1 Å². The summed E-state index contributed by atoms with van der Waals surface area (Å²) >= 11 is 0. The molecule has 0 spiro atoms. The normalized spacial score (nSPS) is 14.8. The van der Waals surface area contributed by atoms with Gasteiger partial charge in [0.2, 0.25) is 5.91 Å². The molecule has 1 aliphatic heterocycles.